The van der Waals surface area contributed by atoms with Crippen LogP contribution >= 0.6 is 15.9 Å². The summed E-state index contributed by atoms with van der Waals surface area (Å²) in [5.41, 5.74) is 6.60. The van der Waals surface area contributed by atoms with Crippen LogP contribution in [0.4, 0.5) is 4.48 Å². The number of primary amides is 1. The molecule has 0 aliphatic rings. The number of hydrogen-bond acceptors (Lipinski definition) is 3. The summed E-state index contributed by atoms with van der Waals surface area (Å²) in [7, 11) is 0. The molecule has 0 heterocycles. The van der Waals surface area contributed by atoms with Gasteiger partial charge in [-0.3, -0.25) is 9.59 Å². The van der Waals surface area contributed by atoms with Gasteiger partial charge in [-0.15, -0.1) is 6.58 Å². The van der Waals surface area contributed by atoms with Crippen LogP contribution in [0.25, 0.3) is 10.8 Å². The van der Waals surface area contributed by atoms with E-state index < -0.39 is 5.91 Å². The summed E-state index contributed by atoms with van der Waals surface area (Å²) in [5.74, 6) is -0.861. The summed E-state index contributed by atoms with van der Waals surface area (Å²) in [6.45, 7) is 5.61. The molecule has 0 radical (unpaired) electrons. The van der Waals surface area contributed by atoms with Crippen molar-refractivity contribution in [2.45, 2.75) is 25.7 Å². The molecule has 170 valence electrons. The predicted octanol–water partition coefficient (Wildman–Crippen LogP) is 6.02. The number of carbonyl (C=O) groups excluding carboxylic acids is 2. The number of fused-ring (bicyclic) bond motifs is 1. The van der Waals surface area contributed by atoms with Crippen LogP contribution < -0.4 is 5.73 Å². The van der Waals surface area contributed by atoms with Gasteiger partial charge in [0.05, 0.1) is 18.2 Å². The Morgan fingerprint density at radius 3 is 2.61 bits per heavy atom. The minimum atomic E-state index is -0.698. The van der Waals surface area contributed by atoms with Gasteiger partial charge in [0.15, 0.2) is 0 Å². The first kappa shape index (κ1) is 25.8. The minimum Gasteiger partial charge on any atom is -0.372 e. The summed E-state index contributed by atoms with van der Waals surface area (Å²) in [6.07, 6.45) is 3.09. The molecule has 3 rings (SSSR count). The maximum absolute atomic E-state index is 14.3. The molecule has 0 aliphatic heterocycles. The number of hydrogen-bond donors (Lipinski definition) is 1. The van der Waals surface area contributed by atoms with Crippen LogP contribution in [0.2, 0.25) is 0 Å². The number of nitrogens with zero attached hydrogens (tertiary/aromatic N) is 2. The van der Waals surface area contributed by atoms with Gasteiger partial charge in [-0.25, -0.2) is 0 Å². The van der Waals surface area contributed by atoms with Gasteiger partial charge in [-0.05, 0) is 65.1 Å². The standard InChI is InChI=1S/C25H22BrFN2O.CH3NO/c1-3-4-7-12-29(27)25(30)19-10-11-20(16-28)23(14-19)17(2)24-15-21(26)13-18-8-5-6-9-22(18)24;2-1-3/h3,5-6,8-11,13-15,17H,1,4,7,12H2,2H3;1H,(H2,2,3). The van der Waals surface area contributed by atoms with Crippen LogP contribution in [0.15, 0.2) is 71.7 Å². The lowest BCUT2D eigenvalue weighted by Crippen LogP contribution is -2.24. The summed E-state index contributed by atoms with van der Waals surface area (Å²) in [4.78, 5) is 21.1. The molecular weight excluding hydrogens is 485 g/mol. The average Bonchev–Trinajstić information content (AvgIpc) is 2.82. The van der Waals surface area contributed by atoms with Crippen LogP contribution in [-0.4, -0.2) is 24.0 Å². The van der Waals surface area contributed by atoms with Gasteiger partial charge in [0.1, 0.15) is 0 Å². The fraction of sp³-hybridized carbons (Fsp3) is 0.192. The van der Waals surface area contributed by atoms with Gasteiger partial charge in [0.25, 0.3) is 5.91 Å². The monoisotopic (exact) mass is 509 g/mol. The Kier molecular flexibility index (Phi) is 9.77. The van der Waals surface area contributed by atoms with Crippen molar-refractivity contribution in [3.05, 3.63) is 94.0 Å². The van der Waals surface area contributed by atoms with Crippen LogP contribution in [0.3, 0.4) is 0 Å². The quantitative estimate of drug-likeness (QED) is 0.183. The highest BCUT2D eigenvalue weighted by Crippen LogP contribution is 2.35. The molecule has 0 aromatic heterocycles. The molecule has 0 spiro atoms. The second-order valence-corrected chi connectivity index (χ2v) is 8.23. The first-order chi connectivity index (χ1) is 15.9. The number of carbonyl (C=O) groups is 2. The van der Waals surface area contributed by atoms with E-state index in [0.717, 1.165) is 20.8 Å². The highest BCUT2D eigenvalue weighted by molar-refractivity contribution is 9.10. The summed E-state index contributed by atoms with van der Waals surface area (Å²) >= 11 is 3.56. The normalized spacial score (nSPS) is 11.0. The van der Waals surface area contributed by atoms with Crippen molar-refractivity contribution in [2.24, 2.45) is 5.73 Å². The van der Waals surface area contributed by atoms with Crippen molar-refractivity contribution in [1.29, 1.82) is 5.26 Å². The third-order valence-corrected chi connectivity index (χ3v) is 5.65. The van der Waals surface area contributed by atoms with Gasteiger partial charge in [0, 0.05) is 16.0 Å². The third-order valence-electron chi connectivity index (χ3n) is 5.19. The van der Waals surface area contributed by atoms with E-state index in [2.05, 4.69) is 34.3 Å². The second-order valence-electron chi connectivity index (χ2n) is 7.31. The number of nitriles is 1. The Balaban J connectivity index is 0.00000122. The number of rotatable bonds is 7. The highest BCUT2D eigenvalue weighted by atomic mass is 79.9. The molecule has 3 aromatic carbocycles. The second kappa shape index (κ2) is 12.5. The van der Waals surface area contributed by atoms with Crippen LogP contribution in [0.1, 0.15) is 52.7 Å². The zero-order valence-electron chi connectivity index (χ0n) is 18.3. The number of allylic oxidation sites excluding steroid dienone is 1. The van der Waals surface area contributed by atoms with E-state index in [9.17, 15) is 14.5 Å². The van der Waals surface area contributed by atoms with Crippen LogP contribution in [0, 0.1) is 11.3 Å². The number of benzene rings is 3. The number of nitrogens with two attached hydrogens (primary N) is 1. The zero-order chi connectivity index (χ0) is 24.4. The smallest absolute Gasteiger partial charge is 0.281 e. The maximum Gasteiger partial charge on any atom is 0.281 e. The van der Waals surface area contributed by atoms with Crippen molar-refractivity contribution in [3.8, 4) is 6.07 Å². The molecular formula is C26H25BrFN3O2. The van der Waals surface area contributed by atoms with Gasteiger partial charge in [-0.1, -0.05) is 57.7 Å². The lowest BCUT2D eigenvalue weighted by Gasteiger charge is -2.19. The summed E-state index contributed by atoms with van der Waals surface area (Å²) < 4.78 is 15.2. The molecule has 2 amide bonds. The largest absolute Gasteiger partial charge is 0.372 e. The number of unbranched alkanes of at least 4 members (excludes halogenated alkanes) is 1. The van der Waals surface area contributed by atoms with Crippen molar-refractivity contribution in [3.63, 3.8) is 0 Å². The molecule has 0 saturated heterocycles. The van der Waals surface area contributed by atoms with E-state index in [0.29, 0.717) is 24.0 Å². The predicted molar refractivity (Wildman–Crippen MR) is 132 cm³/mol. The summed E-state index contributed by atoms with van der Waals surface area (Å²) in [6, 6.07) is 19.0. The van der Waals surface area contributed by atoms with E-state index in [1.54, 1.807) is 18.2 Å². The van der Waals surface area contributed by atoms with Crippen LogP contribution in [0.5, 0.6) is 0 Å². The lowest BCUT2D eigenvalue weighted by molar-refractivity contribution is -0.106. The van der Waals surface area contributed by atoms with Crippen LogP contribution in [-0.2, 0) is 4.79 Å². The average molecular weight is 510 g/mol. The Morgan fingerprint density at radius 1 is 1.24 bits per heavy atom. The van der Waals surface area contributed by atoms with E-state index in [1.807, 2.05) is 43.3 Å². The van der Waals surface area contributed by atoms with Gasteiger partial charge in [-0.2, -0.15) is 10.4 Å². The van der Waals surface area contributed by atoms with E-state index >= 15 is 0 Å². The van der Waals surface area contributed by atoms with E-state index in [4.69, 9.17) is 4.79 Å². The molecule has 3 aromatic rings. The third kappa shape index (κ3) is 6.50. The molecule has 0 saturated carbocycles. The fourth-order valence-electron chi connectivity index (χ4n) is 3.60. The molecule has 0 fully saturated rings. The minimum absolute atomic E-state index is 0.00596. The fourth-order valence-corrected chi connectivity index (χ4v) is 4.09. The van der Waals surface area contributed by atoms with Crippen molar-refractivity contribution < 1.29 is 14.1 Å². The van der Waals surface area contributed by atoms with Crippen molar-refractivity contribution in [1.82, 2.24) is 5.12 Å². The first-order valence-electron chi connectivity index (χ1n) is 10.3. The molecule has 2 N–H and O–H groups in total. The maximum atomic E-state index is 14.3. The Labute approximate surface area is 201 Å². The summed E-state index contributed by atoms with van der Waals surface area (Å²) in [5, 5.41) is 12.0. The lowest BCUT2D eigenvalue weighted by atomic mass is 9.86. The SMILES string of the molecule is C=CCCCN(F)C(=O)c1ccc(C#N)c(C(C)c2cc(Br)cc3ccccc23)c1.NC=O. The van der Waals surface area contributed by atoms with Crippen molar-refractivity contribution >= 4 is 39.0 Å². The Morgan fingerprint density at radius 2 is 1.94 bits per heavy atom. The van der Waals surface area contributed by atoms with Crippen molar-refractivity contribution in [2.75, 3.05) is 6.54 Å². The Bertz CT molecular complexity index is 1190. The molecule has 0 bridgehead atoms. The molecule has 0 aliphatic carbocycles. The molecule has 1 unspecified atom stereocenters. The first-order valence-corrected chi connectivity index (χ1v) is 11.1. The topological polar surface area (TPSA) is 87.2 Å². The number of halogens is 2. The van der Waals surface area contributed by atoms with Gasteiger partial charge < -0.3 is 5.73 Å². The van der Waals surface area contributed by atoms with E-state index in [1.165, 1.54) is 6.07 Å². The molecule has 7 heteroatoms. The van der Waals surface area contributed by atoms with Gasteiger partial charge in [0.2, 0.25) is 6.41 Å². The Hall–Kier alpha value is -3.50. The number of amides is 2. The highest BCUT2D eigenvalue weighted by Gasteiger charge is 2.21. The zero-order valence-corrected chi connectivity index (χ0v) is 19.9. The van der Waals surface area contributed by atoms with E-state index in [-0.39, 0.29) is 29.6 Å². The molecule has 1 atom stereocenters. The molecule has 5 nitrogen and oxygen atoms in total. The van der Waals surface area contributed by atoms with Gasteiger partial charge >= 0.3 is 0 Å². The molecule has 33 heavy (non-hydrogen) atoms.